The molecule has 2 rings (SSSR count). The van der Waals surface area contributed by atoms with Crippen molar-refractivity contribution >= 4 is 23.9 Å². The molecule has 2 aromatic carbocycles. The molecule has 0 unspecified atom stereocenters. The van der Waals surface area contributed by atoms with Gasteiger partial charge in [-0.1, -0.05) is 12.1 Å². The smallest absolute Gasteiger partial charge is 0.416 e. The summed E-state index contributed by atoms with van der Waals surface area (Å²) in [6.07, 6.45) is -4.72. The van der Waals surface area contributed by atoms with E-state index in [1.165, 1.54) is 0 Å². The Kier molecular flexibility index (Phi) is 5.12. The van der Waals surface area contributed by atoms with Gasteiger partial charge in [0, 0.05) is 5.56 Å². The number of hydrogen-bond donors (Lipinski definition) is 4. The van der Waals surface area contributed by atoms with Crippen LogP contribution in [0.4, 0.5) is 13.2 Å². The molecule has 0 saturated heterocycles. The Morgan fingerprint density at radius 1 is 0.679 bits per heavy atom. The van der Waals surface area contributed by atoms with Gasteiger partial charge >= 0.3 is 30.1 Å². The van der Waals surface area contributed by atoms with Crippen molar-refractivity contribution in [2.75, 3.05) is 0 Å². The molecule has 0 bridgehead atoms. The zero-order valence-electron chi connectivity index (χ0n) is 13.4. The Hall–Kier alpha value is -3.89. The van der Waals surface area contributed by atoms with Crippen molar-refractivity contribution in [1.29, 1.82) is 0 Å². The van der Waals surface area contributed by atoms with Gasteiger partial charge in [0.05, 0.1) is 27.8 Å². The van der Waals surface area contributed by atoms with Crippen LogP contribution in [-0.2, 0) is 6.18 Å². The molecule has 0 aliphatic heterocycles. The maximum Gasteiger partial charge on any atom is 0.416 e. The number of benzene rings is 2. The maximum atomic E-state index is 12.7. The van der Waals surface area contributed by atoms with Gasteiger partial charge in [0.1, 0.15) is 0 Å². The first-order valence-corrected chi connectivity index (χ1v) is 7.18. The second-order valence-electron chi connectivity index (χ2n) is 5.39. The summed E-state index contributed by atoms with van der Waals surface area (Å²) in [4.78, 5) is 46.0. The largest absolute Gasteiger partial charge is 0.478 e. The van der Waals surface area contributed by atoms with Crippen LogP contribution in [0.5, 0.6) is 0 Å². The summed E-state index contributed by atoms with van der Waals surface area (Å²) in [7, 11) is 0. The fraction of sp³-hybridized carbons (Fsp3) is 0.0588. The first kappa shape index (κ1) is 20.4. The van der Waals surface area contributed by atoms with Gasteiger partial charge in [-0.25, -0.2) is 19.2 Å². The molecule has 28 heavy (non-hydrogen) atoms. The minimum absolute atomic E-state index is 0.345. The average Bonchev–Trinajstić information content (AvgIpc) is 2.58. The monoisotopic (exact) mass is 398 g/mol. The molecule has 2 aromatic rings. The van der Waals surface area contributed by atoms with Gasteiger partial charge in [-0.05, 0) is 23.8 Å². The standard InChI is InChI=1S/C17H9F3O8/c18-17(19,20)7-3-1-6(2-4-7)10-8(13(21)22)5-9(14(23)24)11(15(25)26)12(10)16(27)28/h1-5H,(H,21,22)(H,23,24)(H,25,26)(H,27,28). The third-order valence-electron chi connectivity index (χ3n) is 3.72. The minimum atomic E-state index is -4.72. The number of alkyl halides is 3. The second-order valence-corrected chi connectivity index (χ2v) is 5.39. The number of carboxylic acid groups (broad SMARTS) is 4. The van der Waals surface area contributed by atoms with E-state index in [0.29, 0.717) is 18.2 Å². The van der Waals surface area contributed by atoms with Gasteiger partial charge < -0.3 is 20.4 Å². The Morgan fingerprint density at radius 2 is 1.14 bits per heavy atom. The van der Waals surface area contributed by atoms with Crippen molar-refractivity contribution in [3.05, 3.63) is 58.1 Å². The molecule has 146 valence electrons. The van der Waals surface area contributed by atoms with Gasteiger partial charge in [-0.15, -0.1) is 0 Å². The van der Waals surface area contributed by atoms with Gasteiger partial charge in [0.15, 0.2) is 0 Å². The number of carboxylic acids is 4. The van der Waals surface area contributed by atoms with Gasteiger partial charge in [-0.2, -0.15) is 13.2 Å². The molecule has 4 N–H and O–H groups in total. The summed E-state index contributed by atoms with van der Waals surface area (Å²) in [5.74, 6) is -7.60. The fourth-order valence-corrected chi connectivity index (χ4v) is 2.58. The Bertz CT molecular complexity index is 1010. The highest BCUT2D eigenvalue weighted by Gasteiger charge is 2.33. The summed E-state index contributed by atoms with van der Waals surface area (Å²) in [5.41, 5.74) is -6.51. The lowest BCUT2D eigenvalue weighted by atomic mass is 9.87. The van der Waals surface area contributed by atoms with Crippen LogP contribution in [-0.4, -0.2) is 44.3 Å². The normalized spacial score (nSPS) is 11.1. The van der Waals surface area contributed by atoms with E-state index in [2.05, 4.69) is 0 Å². The van der Waals surface area contributed by atoms with Crippen LogP contribution in [0.1, 0.15) is 47.0 Å². The molecular formula is C17H9F3O8. The third kappa shape index (κ3) is 3.63. The first-order valence-electron chi connectivity index (χ1n) is 7.18. The molecular weight excluding hydrogens is 389 g/mol. The summed E-state index contributed by atoms with van der Waals surface area (Å²) in [6.45, 7) is 0. The molecule has 0 heterocycles. The summed E-state index contributed by atoms with van der Waals surface area (Å²) in [6, 6.07) is 3.09. The molecule has 11 heteroatoms. The number of aromatic carboxylic acids is 4. The van der Waals surface area contributed by atoms with E-state index < -0.39 is 63.4 Å². The van der Waals surface area contributed by atoms with E-state index in [1.54, 1.807) is 0 Å². The Labute approximate surface area is 153 Å². The number of hydrogen-bond acceptors (Lipinski definition) is 4. The van der Waals surface area contributed by atoms with E-state index in [4.69, 9.17) is 5.11 Å². The van der Waals surface area contributed by atoms with E-state index in [-0.39, 0.29) is 5.56 Å². The van der Waals surface area contributed by atoms with Crippen LogP contribution in [0.15, 0.2) is 30.3 Å². The minimum Gasteiger partial charge on any atom is -0.478 e. The molecule has 0 radical (unpaired) electrons. The van der Waals surface area contributed by atoms with E-state index in [0.717, 1.165) is 12.1 Å². The molecule has 0 spiro atoms. The van der Waals surface area contributed by atoms with Crippen molar-refractivity contribution in [3.8, 4) is 11.1 Å². The van der Waals surface area contributed by atoms with Crippen molar-refractivity contribution in [2.24, 2.45) is 0 Å². The number of carbonyl (C=O) groups is 4. The van der Waals surface area contributed by atoms with Crippen molar-refractivity contribution in [2.45, 2.75) is 6.18 Å². The molecule has 0 amide bonds. The SMILES string of the molecule is O=C(O)c1cc(C(=O)O)c(-c2ccc(C(F)(F)F)cc2)c(C(=O)O)c1C(=O)O. The molecule has 0 aromatic heterocycles. The molecule has 8 nitrogen and oxygen atoms in total. The van der Waals surface area contributed by atoms with Crippen LogP contribution in [0.2, 0.25) is 0 Å². The van der Waals surface area contributed by atoms with Gasteiger partial charge in [-0.3, -0.25) is 0 Å². The van der Waals surface area contributed by atoms with Crippen LogP contribution < -0.4 is 0 Å². The molecule has 0 aliphatic rings. The fourth-order valence-electron chi connectivity index (χ4n) is 2.58. The Morgan fingerprint density at radius 3 is 1.50 bits per heavy atom. The Balaban J connectivity index is 2.98. The molecule has 0 atom stereocenters. The molecule has 0 fully saturated rings. The summed E-state index contributed by atoms with van der Waals surface area (Å²) < 4.78 is 38.2. The number of halogens is 3. The lowest BCUT2D eigenvalue weighted by Crippen LogP contribution is -2.19. The average molecular weight is 398 g/mol. The zero-order chi connectivity index (χ0) is 21.4. The highest BCUT2D eigenvalue weighted by Crippen LogP contribution is 2.36. The summed E-state index contributed by atoms with van der Waals surface area (Å²) >= 11 is 0. The summed E-state index contributed by atoms with van der Waals surface area (Å²) in [5, 5.41) is 37.2. The molecule has 0 saturated carbocycles. The second kappa shape index (κ2) is 7.02. The zero-order valence-corrected chi connectivity index (χ0v) is 13.4. The quantitative estimate of drug-likeness (QED) is 0.600. The van der Waals surface area contributed by atoms with Crippen LogP contribution in [0.25, 0.3) is 11.1 Å². The lowest BCUT2D eigenvalue weighted by Gasteiger charge is -2.16. The van der Waals surface area contributed by atoms with Crippen molar-refractivity contribution in [1.82, 2.24) is 0 Å². The van der Waals surface area contributed by atoms with Gasteiger partial charge in [0.2, 0.25) is 0 Å². The topological polar surface area (TPSA) is 149 Å². The predicted molar refractivity (Wildman–Crippen MR) is 84.7 cm³/mol. The maximum absolute atomic E-state index is 12.7. The number of rotatable bonds is 5. The highest BCUT2D eigenvalue weighted by atomic mass is 19.4. The van der Waals surface area contributed by atoms with E-state index >= 15 is 0 Å². The van der Waals surface area contributed by atoms with Gasteiger partial charge in [0.25, 0.3) is 0 Å². The van der Waals surface area contributed by atoms with E-state index in [9.17, 15) is 47.7 Å². The first-order chi connectivity index (χ1) is 12.9. The lowest BCUT2D eigenvalue weighted by molar-refractivity contribution is -0.137. The molecule has 0 aliphatic carbocycles. The van der Waals surface area contributed by atoms with Crippen molar-refractivity contribution < 1.29 is 52.8 Å². The van der Waals surface area contributed by atoms with Crippen LogP contribution >= 0.6 is 0 Å². The van der Waals surface area contributed by atoms with E-state index in [1.807, 2.05) is 0 Å². The highest BCUT2D eigenvalue weighted by molar-refractivity contribution is 6.16. The van der Waals surface area contributed by atoms with Crippen LogP contribution in [0, 0.1) is 0 Å². The van der Waals surface area contributed by atoms with Crippen LogP contribution in [0.3, 0.4) is 0 Å². The predicted octanol–water partition coefficient (Wildman–Crippen LogP) is 3.17. The van der Waals surface area contributed by atoms with Crippen molar-refractivity contribution in [3.63, 3.8) is 0 Å². The third-order valence-corrected chi connectivity index (χ3v) is 3.72.